The molecule has 0 N–H and O–H groups in total. The number of morpholine rings is 1. The van der Waals surface area contributed by atoms with Crippen LogP contribution >= 0.6 is 0 Å². The minimum atomic E-state index is -4.44. The average molecular weight is 677 g/mol. The van der Waals surface area contributed by atoms with Crippen LogP contribution in [0.5, 0.6) is 0 Å². The molecule has 0 spiro atoms. The topological polar surface area (TPSA) is 75.4 Å². The molecule has 0 unspecified atom stereocenters. The monoisotopic (exact) mass is 676 g/mol. The second kappa shape index (κ2) is 13.1. The minimum Gasteiger partial charge on any atom is -0.378 e. The van der Waals surface area contributed by atoms with Crippen molar-refractivity contribution < 1.29 is 17.9 Å². The number of nitrogens with zero attached hydrogens (tertiary/aromatic N) is 8. The molecule has 9 nitrogen and oxygen atoms in total. The van der Waals surface area contributed by atoms with Gasteiger partial charge in [0.1, 0.15) is 5.82 Å². The number of halogens is 3. The molecule has 0 bridgehead atoms. The Balaban J connectivity index is 1.32. The molecular weight excluding hydrogens is 629 g/mol. The quantitative estimate of drug-likeness (QED) is 0.164. The maximum absolute atomic E-state index is 13.9. The number of aryl methyl sites for hydroxylation is 2. The number of aromatic nitrogens is 5. The number of hydrogen-bond donors (Lipinski definition) is 0. The van der Waals surface area contributed by atoms with Crippen LogP contribution in [0.2, 0.25) is 0 Å². The van der Waals surface area contributed by atoms with Crippen LogP contribution in [0.15, 0.2) is 36.7 Å². The fraction of sp³-hybridized carbons (Fsp3) is 0.568. The zero-order chi connectivity index (χ0) is 34.5. The van der Waals surface area contributed by atoms with E-state index in [4.69, 9.17) is 24.8 Å². The van der Waals surface area contributed by atoms with Gasteiger partial charge in [0, 0.05) is 50.2 Å². The van der Waals surface area contributed by atoms with Gasteiger partial charge in [-0.05, 0) is 95.9 Å². The molecule has 2 aliphatic carbocycles. The number of anilines is 3. The molecule has 49 heavy (non-hydrogen) atoms. The normalized spacial score (nSPS) is 17.2. The summed E-state index contributed by atoms with van der Waals surface area (Å²) in [6, 6.07) is 6.45. The lowest BCUT2D eigenvalue weighted by Gasteiger charge is -2.31. The minimum absolute atomic E-state index is 0.199. The number of fused-ring (bicyclic) bond motifs is 1. The largest absolute Gasteiger partial charge is 0.416 e. The lowest BCUT2D eigenvalue weighted by Crippen LogP contribution is -2.36. The van der Waals surface area contributed by atoms with E-state index in [1.54, 1.807) is 6.92 Å². The first-order valence-corrected chi connectivity index (χ1v) is 17.5. The Hall–Kier alpha value is -3.93. The Kier molecular flexibility index (Phi) is 8.96. The first kappa shape index (κ1) is 33.6. The SMILES string of the molecule is Cc1cc(CN(Cc2cc3c(C)nn(C(C)(C)C)c3nc2N(CC2CC2)CC2CC2)c2ncc(N3CCOCC3)cn2)cc(C(F)(F)F)c1. The molecule has 7 rings (SSSR count). The molecular formula is C37H47F3N8O. The average Bonchev–Trinajstić information content (AvgIpc) is 4.00. The van der Waals surface area contributed by atoms with E-state index in [0.717, 1.165) is 60.0 Å². The first-order valence-electron chi connectivity index (χ1n) is 17.5. The van der Waals surface area contributed by atoms with Crippen LogP contribution in [-0.4, -0.2) is 64.1 Å². The standard InChI is InChI=1S/C37H47F3N8O/c1-24-14-28(16-30(15-24)37(38,39)40)22-47(35-41-18-31(19-42-35)45-10-12-49-13-11-45)23-29-17-32-25(2)44-48(36(3,4)5)34(32)43-33(29)46(20-26-6-7-26)21-27-8-9-27/h14-19,26-27H,6-13,20-23H2,1-5H3. The van der Waals surface area contributed by atoms with Gasteiger partial charge in [0.2, 0.25) is 5.95 Å². The lowest BCUT2D eigenvalue weighted by molar-refractivity contribution is -0.137. The van der Waals surface area contributed by atoms with Crippen LogP contribution < -0.4 is 14.7 Å². The fourth-order valence-corrected chi connectivity index (χ4v) is 6.75. The van der Waals surface area contributed by atoms with Gasteiger partial charge in [-0.25, -0.2) is 19.6 Å². The number of ether oxygens (including phenoxy) is 1. The van der Waals surface area contributed by atoms with Crippen molar-refractivity contribution in [1.29, 1.82) is 0 Å². The van der Waals surface area contributed by atoms with E-state index in [9.17, 15) is 13.2 Å². The van der Waals surface area contributed by atoms with Crippen LogP contribution in [0.4, 0.5) is 30.6 Å². The van der Waals surface area contributed by atoms with Crippen molar-refractivity contribution in [2.75, 3.05) is 54.1 Å². The molecule has 3 fully saturated rings. The summed E-state index contributed by atoms with van der Waals surface area (Å²) < 4.78 is 49.3. The third-order valence-electron chi connectivity index (χ3n) is 9.67. The van der Waals surface area contributed by atoms with Crippen LogP contribution in [-0.2, 0) is 29.5 Å². The summed E-state index contributed by atoms with van der Waals surface area (Å²) in [4.78, 5) is 21.7. The van der Waals surface area contributed by atoms with E-state index in [2.05, 4.69) is 36.6 Å². The third kappa shape index (κ3) is 7.79. The predicted octanol–water partition coefficient (Wildman–Crippen LogP) is 7.28. The summed E-state index contributed by atoms with van der Waals surface area (Å²) in [5, 5.41) is 5.90. The molecule has 0 amide bonds. The van der Waals surface area contributed by atoms with Crippen molar-refractivity contribution in [2.24, 2.45) is 11.8 Å². The Morgan fingerprint density at radius 1 is 0.857 bits per heavy atom. The van der Waals surface area contributed by atoms with Crippen LogP contribution in [0.25, 0.3) is 11.0 Å². The summed E-state index contributed by atoms with van der Waals surface area (Å²) in [6.07, 6.45) is 4.07. The molecule has 2 saturated carbocycles. The van der Waals surface area contributed by atoms with Crippen molar-refractivity contribution in [3.05, 3.63) is 64.6 Å². The molecule has 1 saturated heterocycles. The van der Waals surface area contributed by atoms with E-state index in [0.29, 0.717) is 48.7 Å². The molecule has 0 radical (unpaired) electrons. The van der Waals surface area contributed by atoms with E-state index in [-0.39, 0.29) is 12.1 Å². The van der Waals surface area contributed by atoms with Crippen molar-refractivity contribution in [3.8, 4) is 0 Å². The number of benzene rings is 1. The Bertz CT molecular complexity index is 1770. The molecule has 1 aliphatic heterocycles. The second-order valence-corrected chi connectivity index (χ2v) is 15.2. The summed E-state index contributed by atoms with van der Waals surface area (Å²) in [5.41, 5.74) is 3.83. The van der Waals surface area contributed by atoms with E-state index in [1.807, 2.05) is 35.0 Å². The van der Waals surface area contributed by atoms with Crippen LogP contribution in [0, 0.1) is 25.7 Å². The summed E-state index contributed by atoms with van der Waals surface area (Å²) >= 11 is 0. The smallest absolute Gasteiger partial charge is 0.378 e. The number of hydrogen-bond acceptors (Lipinski definition) is 8. The summed E-state index contributed by atoms with van der Waals surface area (Å²) in [5.74, 6) is 2.68. The molecule has 4 aromatic rings. The highest BCUT2D eigenvalue weighted by atomic mass is 19.4. The molecule has 3 aromatic heterocycles. The van der Waals surface area contributed by atoms with Crippen molar-refractivity contribution in [3.63, 3.8) is 0 Å². The molecule has 0 atom stereocenters. The Morgan fingerprint density at radius 2 is 1.51 bits per heavy atom. The maximum atomic E-state index is 13.9. The number of pyridine rings is 1. The highest BCUT2D eigenvalue weighted by molar-refractivity contribution is 5.82. The van der Waals surface area contributed by atoms with Crippen molar-refractivity contribution >= 4 is 28.5 Å². The van der Waals surface area contributed by atoms with Gasteiger partial charge in [-0.2, -0.15) is 18.3 Å². The van der Waals surface area contributed by atoms with Gasteiger partial charge in [0.25, 0.3) is 0 Å². The second-order valence-electron chi connectivity index (χ2n) is 15.2. The number of rotatable bonds is 11. The number of alkyl halides is 3. The van der Waals surface area contributed by atoms with Crippen LogP contribution in [0.3, 0.4) is 0 Å². The van der Waals surface area contributed by atoms with E-state index < -0.39 is 11.7 Å². The molecule has 12 heteroatoms. The van der Waals surface area contributed by atoms with Gasteiger partial charge >= 0.3 is 6.18 Å². The molecule has 1 aromatic carbocycles. The Labute approximate surface area is 286 Å². The van der Waals surface area contributed by atoms with E-state index >= 15 is 0 Å². The third-order valence-corrected chi connectivity index (χ3v) is 9.67. The molecule has 262 valence electrons. The highest BCUT2D eigenvalue weighted by Gasteiger charge is 2.34. The predicted molar refractivity (Wildman–Crippen MR) is 186 cm³/mol. The summed E-state index contributed by atoms with van der Waals surface area (Å²) in [7, 11) is 0. The van der Waals surface area contributed by atoms with Gasteiger partial charge in [-0.15, -0.1) is 0 Å². The maximum Gasteiger partial charge on any atom is 0.416 e. The van der Waals surface area contributed by atoms with E-state index in [1.165, 1.54) is 37.8 Å². The van der Waals surface area contributed by atoms with Gasteiger partial charge < -0.3 is 19.4 Å². The fourth-order valence-electron chi connectivity index (χ4n) is 6.75. The van der Waals surface area contributed by atoms with Crippen molar-refractivity contribution in [1.82, 2.24) is 24.7 Å². The molecule has 3 aliphatic rings. The Morgan fingerprint density at radius 3 is 2.10 bits per heavy atom. The zero-order valence-electron chi connectivity index (χ0n) is 29.2. The zero-order valence-corrected chi connectivity index (χ0v) is 29.2. The molecule has 4 heterocycles. The van der Waals surface area contributed by atoms with Crippen molar-refractivity contribution in [2.45, 2.75) is 85.1 Å². The van der Waals surface area contributed by atoms with Gasteiger partial charge in [-0.1, -0.05) is 11.6 Å². The lowest BCUT2D eigenvalue weighted by atomic mass is 10.1. The van der Waals surface area contributed by atoms with Gasteiger partial charge in [-0.3, -0.25) is 0 Å². The first-order chi connectivity index (χ1) is 23.3. The summed E-state index contributed by atoms with van der Waals surface area (Å²) in [6.45, 7) is 15.4. The van der Waals surface area contributed by atoms with Gasteiger partial charge in [0.05, 0.1) is 48.1 Å². The van der Waals surface area contributed by atoms with Gasteiger partial charge in [0.15, 0.2) is 5.65 Å². The van der Waals surface area contributed by atoms with Crippen LogP contribution in [0.1, 0.15) is 74.4 Å². The highest BCUT2D eigenvalue weighted by Crippen LogP contribution is 2.38.